The number of nitriles is 1. The smallest absolute Gasteiger partial charge is 0.319 e. The van der Waals surface area contributed by atoms with Crippen LogP contribution < -0.4 is 10.6 Å². The van der Waals surface area contributed by atoms with Gasteiger partial charge in [-0.25, -0.2) is 4.79 Å². The molecule has 5 nitrogen and oxygen atoms in total. The number of nitrogens with zero attached hydrogens (tertiary/aromatic N) is 2. The van der Waals surface area contributed by atoms with Crippen LogP contribution in [0, 0.1) is 17.2 Å². The third-order valence-corrected chi connectivity index (χ3v) is 7.78. The molecule has 2 aliphatic rings. The third kappa shape index (κ3) is 9.16. The molecule has 0 heterocycles. The summed E-state index contributed by atoms with van der Waals surface area (Å²) in [4.78, 5) is 14.1. The van der Waals surface area contributed by atoms with Crippen molar-refractivity contribution < 1.29 is 4.79 Å². The van der Waals surface area contributed by atoms with Crippen LogP contribution in [0.3, 0.4) is 0 Å². The van der Waals surface area contributed by atoms with E-state index in [1.807, 2.05) is 50.2 Å². The summed E-state index contributed by atoms with van der Waals surface area (Å²) in [6, 6.07) is 18.8. The predicted molar refractivity (Wildman–Crippen MR) is 159 cm³/mol. The Morgan fingerprint density at radius 3 is 2.43 bits per heavy atom. The lowest BCUT2D eigenvalue weighted by Crippen LogP contribution is -2.43. The zero-order valence-corrected chi connectivity index (χ0v) is 25.1. The van der Waals surface area contributed by atoms with Gasteiger partial charge in [0.2, 0.25) is 0 Å². The van der Waals surface area contributed by atoms with E-state index in [4.69, 9.17) is 5.26 Å². The number of amides is 2. The first-order valence-electron chi connectivity index (χ1n) is 13.8. The van der Waals surface area contributed by atoms with Gasteiger partial charge in [0.15, 0.2) is 0 Å². The van der Waals surface area contributed by atoms with Crippen LogP contribution in [0.1, 0.15) is 84.8 Å². The molecule has 2 aromatic rings. The third-order valence-electron chi connectivity index (χ3n) is 7.29. The van der Waals surface area contributed by atoms with Crippen LogP contribution in [-0.4, -0.2) is 36.1 Å². The highest BCUT2D eigenvalue weighted by Crippen LogP contribution is 2.62. The molecule has 0 aromatic heterocycles. The second kappa shape index (κ2) is 15.1. The predicted octanol–water partition coefficient (Wildman–Crippen LogP) is 8.11. The van der Waals surface area contributed by atoms with Gasteiger partial charge in [0.25, 0.3) is 0 Å². The number of fused-ring (bicyclic) bond motifs is 1. The van der Waals surface area contributed by atoms with E-state index in [1.165, 1.54) is 37.7 Å². The van der Waals surface area contributed by atoms with Crippen LogP contribution in [0.5, 0.6) is 0 Å². The summed E-state index contributed by atoms with van der Waals surface area (Å²) < 4.78 is 0.945. The molecule has 0 spiro atoms. The number of anilines is 1. The lowest BCUT2D eigenvalue weighted by Gasteiger charge is -2.30. The van der Waals surface area contributed by atoms with E-state index < -0.39 is 0 Å². The summed E-state index contributed by atoms with van der Waals surface area (Å²) >= 11 is 3.38. The maximum Gasteiger partial charge on any atom is 0.319 e. The second-order valence-electron chi connectivity index (χ2n) is 10.3. The van der Waals surface area contributed by atoms with Crippen molar-refractivity contribution in [1.82, 2.24) is 10.2 Å². The second-order valence-corrected chi connectivity index (χ2v) is 11.2. The van der Waals surface area contributed by atoms with Gasteiger partial charge < -0.3 is 10.6 Å². The Morgan fingerprint density at radius 1 is 1.11 bits per heavy atom. The average molecular weight is 570 g/mol. The maximum atomic E-state index is 11.8. The molecule has 2 amide bonds. The first-order valence-corrected chi connectivity index (χ1v) is 14.6. The van der Waals surface area contributed by atoms with Gasteiger partial charge in [-0.1, -0.05) is 60.8 Å². The van der Waals surface area contributed by atoms with Gasteiger partial charge in [-0.05, 0) is 94.2 Å². The Hall–Kier alpha value is -2.36. The van der Waals surface area contributed by atoms with Gasteiger partial charge in [0, 0.05) is 35.3 Å². The summed E-state index contributed by atoms with van der Waals surface area (Å²) in [5, 5.41) is 14.6. The number of nitrogens with one attached hydrogen (secondary N) is 2. The highest BCUT2D eigenvalue weighted by molar-refractivity contribution is 9.10. The Kier molecular flexibility index (Phi) is 12.6. The fourth-order valence-corrected chi connectivity index (χ4v) is 5.84. The Bertz CT molecular complexity index is 1020. The zero-order valence-electron chi connectivity index (χ0n) is 23.5. The number of halogens is 1. The van der Waals surface area contributed by atoms with Crippen LogP contribution >= 0.6 is 15.9 Å². The molecule has 0 aliphatic heterocycles. The molecule has 202 valence electrons. The number of benzene rings is 2. The number of carbonyl (C=O) groups is 1. The minimum absolute atomic E-state index is 0.171. The van der Waals surface area contributed by atoms with Gasteiger partial charge >= 0.3 is 6.03 Å². The van der Waals surface area contributed by atoms with Crippen molar-refractivity contribution in [2.24, 2.45) is 5.92 Å². The maximum absolute atomic E-state index is 11.8. The Morgan fingerprint density at radius 2 is 1.81 bits per heavy atom. The van der Waals surface area contributed by atoms with E-state index in [2.05, 4.69) is 77.4 Å². The van der Waals surface area contributed by atoms with Crippen molar-refractivity contribution in [2.45, 2.75) is 91.1 Å². The molecule has 0 bridgehead atoms. The van der Waals surface area contributed by atoms with E-state index in [0.29, 0.717) is 24.0 Å². The molecule has 2 unspecified atom stereocenters. The van der Waals surface area contributed by atoms with Crippen LogP contribution in [-0.2, 0) is 5.41 Å². The van der Waals surface area contributed by atoms with Crippen molar-refractivity contribution in [3.05, 3.63) is 64.1 Å². The summed E-state index contributed by atoms with van der Waals surface area (Å²) in [6.07, 6.45) is 6.88. The summed E-state index contributed by atoms with van der Waals surface area (Å²) in [5.41, 5.74) is 3.50. The molecule has 4 rings (SSSR count). The number of urea groups is 1. The first-order chi connectivity index (χ1) is 17.7. The van der Waals surface area contributed by atoms with Crippen molar-refractivity contribution >= 4 is 27.6 Å². The monoisotopic (exact) mass is 568 g/mol. The van der Waals surface area contributed by atoms with E-state index in [1.54, 1.807) is 0 Å². The van der Waals surface area contributed by atoms with E-state index >= 15 is 0 Å². The minimum Gasteiger partial charge on any atom is -0.337 e. The van der Waals surface area contributed by atoms with Crippen molar-refractivity contribution in [1.29, 1.82) is 5.26 Å². The van der Waals surface area contributed by atoms with E-state index in [0.717, 1.165) is 28.2 Å². The molecule has 2 N–H and O–H groups in total. The van der Waals surface area contributed by atoms with Crippen molar-refractivity contribution in [3.63, 3.8) is 0 Å². The highest BCUT2D eigenvalue weighted by atomic mass is 79.9. The molecule has 2 saturated carbocycles. The van der Waals surface area contributed by atoms with Crippen LogP contribution in [0.15, 0.2) is 53.0 Å². The fraction of sp³-hybridized carbons (Fsp3) is 0.548. The van der Waals surface area contributed by atoms with Gasteiger partial charge in [0.1, 0.15) is 0 Å². The van der Waals surface area contributed by atoms with Crippen molar-refractivity contribution in [2.75, 3.05) is 18.4 Å². The Balaban J connectivity index is 0.000000251. The minimum atomic E-state index is -0.171. The molecule has 2 atom stereocenters. The van der Waals surface area contributed by atoms with Gasteiger partial charge in [-0.15, -0.1) is 0 Å². The van der Waals surface area contributed by atoms with Gasteiger partial charge in [0.05, 0.1) is 11.6 Å². The SMILES string of the molecule is CC.CC(C)N(CCNC(=O)Nc1cccc(Br)c1)C(C)C.N#Cc1cccc(C23CCCCC2C3)c1. The fourth-order valence-electron chi connectivity index (χ4n) is 5.45. The largest absolute Gasteiger partial charge is 0.337 e. The quantitative estimate of drug-likeness (QED) is 0.354. The lowest BCUT2D eigenvalue weighted by molar-refractivity contribution is 0.176. The van der Waals surface area contributed by atoms with Crippen molar-refractivity contribution in [3.8, 4) is 6.07 Å². The Labute approximate surface area is 233 Å². The molecule has 0 radical (unpaired) electrons. The summed E-state index contributed by atoms with van der Waals surface area (Å²) in [6.45, 7) is 14.2. The molecular formula is C31H45BrN4O. The first kappa shape index (κ1) is 30.9. The van der Waals surface area contributed by atoms with Gasteiger partial charge in [-0.3, -0.25) is 4.90 Å². The normalized spacial score (nSPS) is 19.5. The average Bonchev–Trinajstić information content (AvgIpc) is 3.64. The number of hydrogen-bond donors (Lipinski definition) is 2. The molecule has 37 heavy (non-hydrogen) atoms. The van der Waals surface area contributed by atoms with Crippen LogP contribution in [0.25, 0.3) is 0 Å². The lowest BCUT2D eigenvalue weighted by atomic mass is 9.82. The van der Waals surface area contributed by atoms with Gasteiger partial charge in [-0.2, -0.15) is 5.26 Å². The molecule has 0 saturated heterocycles. The standard InChI is InChI=1S/C15H24BrN3O.C14H15N.C2H6/c1-11(2)19(12(3)4)9-8-17-15(20)18-14-7-5-6-13(16)10-14;15-10-11-4-3-6-12(8-11)14-7-2-1-5-13(14)9-14;1-2/h5-7,10-12H,8-9H2,1-4H3,(H2,17,18,20);3-4,6,8,13H,1-2,5,7,9H2;1-2H3. The summed E-state index contributed by atoms with van der Waals surface area (Å²) in [5.74, 6) is 0.917. The molecule has 2 aromatic carbocycles. The molecule has 2 aliphatic carbocycles. The van der Waals surface area contributed by atoms with Crippen LogP contribution in [0.4, 0.5) is 10.5 Å². The number of hydrogen-bond acceptors (Lipinski definition) is 3. The highest BCUT2D eigenvalue weighted by Gasteiger charge is 2.55. The van der Waals surface area contributed by atoms with Crippen LogP contribution in [0.2, 0.25) is 0 Å². The van der Waals surface area contributed by atoms with E-state index in [9.17, 15) is 4.79 Å². The topological polar surface area (TPSA) is 68.2 Å². The molecular weight excluding hydrogens is 524 g/mol. The molecule has 2 fully saturated rings. The zero-order chi connectivity index (χ0) is 27.4. The number of rotatable bonds is 7. The molecule has 6 heteroatoms. The summed E-state index contributed by atoms with van der Waals surface area (Å²) in [7, 11) is 0. The number of carbonyl (C=O) groups excluding carboxylic acids is 1. The van der Waals surface area contributed by atoms with E-state index in [-0.39, 0.29) is 6.03 Å².